The van der Waals surface area contributed by atoms with Gasteiger partial charge in [-0.2, -0.15) is 0 Å². The maximum atomic E-state index is 5.40. The van der Waals surface area contributed by atoms with E-state index in [0.29, 0.717) is 5.95 Å². The van der Waals surface area contributed by atoms with E-state index in [0.717, 1.165) is 5.56 Å². The molecule has 71 valence electrons. The van der Waals surface area contributed by atoms with E-state index in [2.05, 4.69) is 21.3 Å². The molecule has 1 unspecified atom stereocenters. The zero-order valence-electron chi connectivity index (χ0n) is 8.23. The standard InChI is InChI=1S/C9H15N4/c1-4-8(13(2)3)7-5-11-9(10)12-6-7/h4-6,8H,1-3H3,(H2,10,11,12). The van der Waals surface area contributed by atoms with Crippen LogP contribution in [0, 0.1) is 6.42 Å². The van der Waals surface area contributed by atoms with Crippen LogP contribution in [-0.2, 0) is 0 Å². The topological polar surface area (TPSA) is 55.0 Å². The highest BCUT2D eigenvalue weighted by Crippen LogP contribution is 2.18. The van der Waals surface area contributed by atoms with E-state index in [9.17, 15) is 0 Å². The Hall–Kier alpha value is -1.16. The molecule has 0 aliphatic heterocycles. The number of nitrogen functional groups attached to an aromatic ring is 1. The molecule has 0 aromatic carbocycles. The molecule has 2 N–H and O–H groups in total. The van der Waals surface area contributed by atoms with Crippen LogP contribution in [0.25, 0.3) is 0 Å². The minimum Gasteiger partial charge on any atom is -0.368 e. The predicted octanol–water partition coefficient (Wildman–Crippen LogP) is 0.886. The van der Waals surface area contributed by atoms with Crippen molar-refractivity contribution >= 4 is 5.95 Å². The van der Waals surface area contributed by atoms with E-state index in [4.69, 9.17) is 5.73 Å². The van der Waals surface area contributed by atoms with Crippen molar-refractivity contribution in [2.24, 2.45) is 0 Å². The van der Waals surface area contributed by atoms with E-state index in [1.165, 1.54) is 0 Å². The molecule has 1 rings (SSSR count). The summed E-state index contributed by atoms with van der Waals surface area (Å²) in [7, 11) is 4.03. The van der Waals surface area contributed by atoms with Crippen LogP contribution in [0.1, 0.15) is 18.5 Å². The summed E-state index contributed by atoms with van der Waals surface area (Å²) in [4.78, 5) is 9.99. The molecule has 0 saturated heterocycles. The lowest BCUT2D eigenvalue weighted by molar-refractivity contribution is 0.332. The Morgan fingerprint density at radius 2 is 1.92 bits per heavy atom. The van der Waals surface area contributed by atoms with Crippen LogP contribution in [0.2, 0.25) is 0 Å². The van der Waals surface area contributed by atoms with E-state index < -0.39 is 0 Å². The molecule has 4 nitrogen and oxygen atoms in total. The Balaban J connectivity index is 2.86. The largest absolute Gasteiger partial charge is 0.368 e. The average Bonchev–Trinajstić information content (AvgIpc) is 2.09. The van der Waals surface area contributed by atoms with Gasteiger partial charge in [0.15, 0.2) is 0 Å². The molecule has 1 heterocycles. The Bertz CT molecular complexity index is 255. The van der Waals surface area contributed by atoms with Crippen molar-refractivity contribution in [1.82, 2.24) is 14.9 Å². The number of hydrogen-bond acceptors (Lipinski definition) is 4. The van der Waals surface area contributed by atoms with Gasteiger partial charge in [-0.3, -0.25) is 0 Å². The van der Waals surface area contributed by atoms with Crippen molar-refractivity contribution in [3.63, 3.8) is 0 Å². The molecular formula is C9H15N4. The first kappa shape index (κ1) is 9.92. The third-order valence-corrected chi connectivity index (χ3v) is 1.91. The molecule has 0 spiro atoms. The van der Waals surface area contributed by atoms with E-state index in [1.54, 1.807) is 12.4 Å². The lowest BCUT2D eigenvalue weighted by atomic mass is 10.1. The molecule has 1 atom stereocenters. The Labute approximate surface area is 78.8 Å². The lowest BCUT2D eigenvalue weighted by Gasteiger charge is -2.22. The van der Waals surface area contributed by atoms with Crippen molar-refractivity contribution in [3.8, 4) is 0 Å². The van der Waals surface area contributed by atoms with Gasteiger partial charge < -0.3 is 10.6 Å². The molecule has 0 bridgehead atoms. The second-order valence-corrected chi connectivity index (χ2v) is 3.12. The molecule has 4 heteroatoms. The average molecular weight is 179 g/mol. The van der Waals surface area contributed by atoms with Crippen LogP contribution in [-0.4, -0.2) is 29.0 Å². The van der Waals surface area contributed by atoms with Crippen molar-refractivity contribution in [2.45, 2.75) is 13.0 Å². The van der Waals surface area contributed by atoms with Crippen molar-refractivity contribution in [2.75, 3.05) is 19.8 Å². The number of nitrogens with two attached hydrogens (primary N) is 1. The highest BCUT2D eigenvalue weighted by Gasteiger charge is 2.11. The molecule has 0 saturated carbocycles. The summed E-state index contributed by atoms with van der Waals surface area (Å²) in [5, 5.41) is 0. The normalized spacial score (nSPS) is 13.2. The highest BCUT2D eigenvalue weighted by molar-refractivity contribution is 5.21. The van der Waals surface area contributed by atoms with Gasteiger partial charge >= 0.3 is 0 Å². The molecule has 0 fully saturated rings. The van der Waals surface area contributed by atoms with Crippen LogP contribution in [0.15, 0.2) is 12.4 Å². The minimum atomic E-state index is 0.251. The molecule has 0 amide bonds. The first-order valence-corrected chi connectivity index (χ1v) is 4.18. The number of rotatable bonds is 3. The first-order valence-electron chi connectivity index (χ1n) is 4.18. The summed E-state index contributed by atoms with van der Waals surface area (Å²) >= 11 is 0. The van der Waals surface area contributed by atoms with E-state index in [-0.39, 0.29) is 6.04 Å². The van der Waals surface area contributed by atoms with Gasteiger partial charge in [-0.05, 0) is 20.5 Å². The second-order valence-electron chi connectivity index (χ2n) is 3.12. The summed E-state index contributed by atoms with van der Waals surface area (Å²) in [5.74, 6) is 0.317. The van der Waals surface area contributed by atoms with Crippen molar-refractivity contribution < 1.29 is 0 Å². The zero-order chi connectivity index (χ0) is 9.84. The third kappa shape index (κ3) is 2.39. The summed E-state index contributed by atoms with van der Waals surface area (Å²) in [5.41, 5.74) is 6.46. The van der Waals surface area contributed by atoms with Crippen molar-refractivity contribution in [3.05, 3.63) is 24.4 Å². The first-order chi connectivity index (χ1) is 6.15. The fourth-order valence-corrected chi connectivity index (χ4v) is 1.29. The summed E-state index contributed by atoms with van der Waals surface area (Å²) in [6.45, 7) is 2.01. The van der Waals surface area contributed by atoms with Gasteiger partial charge in [-0.1, -0.05) is 6.92 Å². The van der Waals surface area contributed by atoms with Crippen LogP contribution in [0.4, 0.5) is 5.95 Å². The summed E-state index contributed by atoms with van der Waals surface area (Å²) < 4.78 is 0. The highest BCUT2D eigenvalue weighted by atomic mass is 15.1. The smallest absolute Gasteiger partial charge is 0.219 e. The van der Waals surface area contributed by atoms with Crippen molar-refractivity contribution in [1.29, 1.82) is 0 Å². The molecule has 0 aliphatic carbocycles. The minimum absolute atomic E-state index is 0.251. The van der Waals surface area contributed by atoms with Crippen LogP contribution < -0.4 is 5.73 Å². The second kappa shape index (κ2) is 4.18. The SMILES string of the molecule is C[CH]C(c1cnc(N)nc1)N(C)C. The molecule has 1 radical (unpaired) electrons. The van der Waals surface area contributed by atoms with Crippen LogP contribution >= 0.6 is 0 Å². The number of aromatic nitrogens is 2. The molecule has 0 aliphatic rings. The molecular weight excluding hydrogens is 164 g/mol. The monoisotopic (exact) mass is 179 g/mol. The van der Waals surface area contributed by atoms with Gasteiger partial charge in [0.1, 0.15) is 0 Å². The van der Waals surface area contributed by atoms with Gasteiger partial charge in [0.25, 0.3) is 0 Å². The van der Waals surface area contributed by atoms with Gasteiger partial charge in [0, 0.05) is 24.0 Å². The van der Waals surface area contributed by atoms with Gasteiger partial charge in [-0.25, -0.2) is 9.97 Å². The Morgan fingerprint density at radius 1 is 1.38 bits per heavy atom. The van der Waals surface area contributed by atoms with Gasteiger partial charge in [-0.15, -0.1) is 0 Å². The Kier molecular flexibility index (Phi) is 3.19. The molecule has 1 aromatic heterocycles. The predicted molar refractivity (Wildman–Crippen MR) is 52.8 cm³/mol. The third-order valence-electron chi connectivity index (χ3n) is 1.91. The molecule has 1 aromatic rings. The van der Waals surface area contributed by atoms with Crippen LogP contribution in [0.5, 0.6) is 0 Å². The molecule has 13 heavy (non-hydrogen) atoms. The maximum absolute atomic E-state index is 5.40. The van der Waals surface area contributed by atoms with Gasteiger partial charge in [0.05, 0.1) is 0 Å². The number of hydrogen-bond donors (Lipinski definition) is 1. The van der Waals surface area contributed by atoms with E-state index >= 15 is 0 Å². The number of anilines is 1. The van der Waals surface area contributed by atoms with Crippen LogP contribution in [0.3, 0.4) is 0 Å². The zero-order valence-corrected chi connectivity index (χ0v) is 8.23. The van der Waals surface area contributed by atoms with E-state index in [1.807, 2.05) is 21.0 Å². The summed E-state index contributed by atoms with van der Waals surface area (Å²) in [6, 6.07) is 0.251. The summed E-state index contributed by atoms with van der Waals surface area (Å²) in [6.07, 6.45) is 5.61. The quantitative estimate of drug-likeness (QED) is 0.748. The fraction of sp³-hybridized carbons (Fsp3) is 0.444. The van der Waals surface area contributed by atoms with Gasteiger partial charge in [0.2, 0.25) is 5.95 Å². The number of nitrogens with zero attached hydrogens (tertiary/aromatic N) is 3. The fourth-order valence-electron chi connectivity index (χ4n) is 1.29. The maximum Gasteiger partial charge on any atom is 0.219 e. The lowest BCUT2D eigenvalue weighted by Crippen LogP contribution is -2.20. The Morgan fingerprint density at radius 3 is 2.31 bits per heavy atom.